The number of ether oxygens (including phenoxy) is 1. The SMILES string of the molecule is O=C1OCc2ccccc2C1[N+](=O)[O-]. The molecule has 5 heteroatoms. The highest BCUT2D eigenvalue weighted by Crippen LogP contribution is 2.27. The number of carbonyl (C=O) groups excluding carboxylic acids is 1. The van der Waals surface area contributed by atoms with E-state index in [1.54, 1.807) is 24.3 Å². The molecule has 0 amide bonds. The molecule has 72 valence electrons. The highest BCUT2D eigenvalue weighted by molar-refractivity contribution is 5.78. The van der Waals surface area contributed by atoms with Crippen LogP contribution in [0.15, 0.2) is 24.3 Å². The summed E-state index contributed by atoms with van der Waals surface area (Å²) in [5.74, 6) is -0.784. The molecule has 0 fully saturated rings. The molecule has 1 unspecified atom stereocenters. The van der Waals surface area contributed by atoms with Crippen molar-refractivity contribution in [1.82, 2.24) is 0 Å². The smallest absolute Gasteiger partial charge is 0.387 e. The Hall–Kier alpha value is -1.91. The lowest BCUT2D eigenvalue weighted by molar-refractivity contribution is -0.517. The van der Waals surface area contributed by atoms with Crippen LogP contribution in [0.5, 0.6) is 0 Å². The summed E-state index contributed by atoms with van der Waals surface area (Å²) in [6, 6.07) is 5.38. The molecule has 1 aliphatic heterocycles. The number of rotatable bonds is 1. The van der Waals surface area contributed by atoms with Crippen LogP contribution in [0.2, 0.25) is 0 Å². The van der Waals surface area contributed by atoms with Crippen molar-refractivity contribution in [2.24, 2.45) is 0 Å². The van der Waals surface area contributed by atoms with Crippen molar-refractivity contribution >= 4 is 5.97 Å². The maximum atomic E-state index is 11.1. The first-order chi connectivity index (χ1) is 6.70. The van der Waals surface area contributed by atoms with Gasteiger partial charge in [0.15, 0.2) is 0 Å². The zero-order chi connectivity index (χ0) is 10.1. The predicted molar refractivity (Wildman–Crippen MR) is 46.0 cm³/mol. The van der Waals surface area contributed by atoms with E-state index >= 15 is 0 Å². The lowest BCUT2D eigenvalue weighted by Crippen LogP contribution is -2.28. The first-order valence-electron chi connectivity index (χ1n) is 4.08. The molecule has 1 aliphatic rings. The highest BCUT2D eigenvalue weighted by Gasteiger charge is 2.38. The number of nitrogens with zero attached hydrogens (tertiary/aromatic N) is 1. The number of fused-ring (bicyclic) bond motifs is 1. The van der Waals surface area contributed by atoms with Crippen molar-refractivity contribution in [2.75, 3.05) is 0 Å². The van der Waals surface area contributed by atoms with E-state index < -0.39 is 16.9 Å². The number of hydrogen-bond donors (Lipinski definition) is 0. The van der Waals surface area contributed by atoms with Crippen molar-refractivity contribution in [3.05, 3.63) is 45.5 Å². The Morgan fingerprint density at radius 3 is 2.86 bits per heavy atom. The zero-order valence-electron chi connectivity index (χ0n) is 7.17. The van der Waals surface area contributed by atoms with Gasteiger partial charge in [-0.1, -0.05) is 24.3 Å². The Morgan fingerprint density at radius 2 is 2.14 bits per heavy atom. The van der Waals surface area contributed by atoms with Crippen LogP contribution in [0, 0.1) is 10.1 Å². The molecule has 1 atom stereocenters. The van der Waals surface area contributed by atoms with Crippen LogP contribution in [0.3, 0.4) is 0 Å². The molecule has 0 spiro atoms. The molecule has 0 N–H and O–H groups in total. The third-order valence-corrected chi connectivity index (χ3v) is 2.15. The maximum Gasteiger partial charge on any atom is 0.387 e. The molecule has 2 rings (SSSR count). The van der Waals surface area contributed by atoms with Gasteiger partial charge in [0.2, 0.25) is 0 Å². The van der Waals surface area contributed by atoms with Gasteiger partial charge in [-0.15, -0.1) is 0 Å². The van der Waals surface area contributed by atoms with E-state index in [0.717, 1.165) is 0 Å². The molecule has 0 bridgehead atoms. The van der Waals surface area contributed by atoms with Crippen molar-refractivity contribution in [3.8, 4) is 0 Å². The van der Waals surface area contributed by atoms with Gasteiger partial charge >= 0.3 is 12.0 Å². The van der Waals surface area contributed by atoms with Crippen LogP contribution in [0.25, 0.3) is 0 Å². The van der Waals surface area contributed by atoms with Crippen LogP contribution in [0.1, 0.15) is 17.2 Å². The fourth-order valence-corrected chi connectivity index (χ4v) is 1.49. The summed E-state index contributed by atoms with van der Waals surface area (Å²) in [4.78, 5) is 21.1. The second-order valence-corrected chi connectivity index (χ2v) is 2.99. The lowest BCUT2D eigenvalue weighted by Gasteiger charge is -2.18. The molecule has 14 heavy (non-hydrogen) atoms. The van der Waals surface area contributed by atoms with Gasteiger partial charge < -0.3 is 4.74 Å². The molecule has 0 radical (unpaired) electrons. The summed E-state index contributed by atoms with van der Waals surface area (Å²) >= 11 is 0. The number of nitro groups is 1. The Balaban J connectivity index is 2.51. The van der Waals surface area contributed by atoms with E-state index in [-0.39, 0.29) is 6.61 Å². The van der Waals surface area contributed by atoms with E-state index in [4.69, 9.17) is 4.74 Å². The first-order valence-corrected chi connectivity index (χ1v) is 4.08. The molecular formula is C9H7NO4. The second kappa shape index (κ2) is 3.10. The normalized spacial score (nSPS) is 19.7. The monoisotopic (exact) mass is 193 g/mol. The van der Waals surface area contributed by atoms with Crippen molar-refractivity contribution < 1.29 is 14.5 Å². The van der Waals surface area contributed by atoms with Gasteiger partial charge in [-0.05, 0) is 0 Å². The van der Waals surface area contributed by atoms with Gasteiger partial charge in [0.25, 0.3) is 0 Å². The average molecular weight is 193 g/mol. The fourth-order valence-electron chi connectivity index (χ4n) is 1.49. The molecule has 0 saturated heterocycles. The quantitative estimate of drug-likeness (QED) is 0.380. The zero-order valence-corrected chi connectivity index (χ0v) is 7.17. The summed E-state index contributed by atoms with van der Waals surface area (Å²) < 4.78 is 4.70. The standard InChI is InChI=1S/C9H7NO4/c11-9-8(10(12)13)7-4-2-1-3-6(7)5-14-9/h1-4,8H,5H2. The Kier molecular flexibility index (Phi) is 1.92. The molecule has 0 saturated carbocycles. The van der Waals surface area contributed by atoms with Crippen LogP contribution in [-0.4, -0.2) is 10.9 Å². The van der Waals surface area contributed by atoms with Crippen LogP contribution in [-0.2, 0) is 16.1 Å². The van der Waals surface area contributed by atoms with Crippen LogP contribution in [0.4, 0.5) is 0 Å². The molecular weight excluding hydrogens is 186 g/mol. The summed E-state index contributed by atoms with van der Waals surface area (Å²) in [5.41, 5.74) is 1.14. The third-order valence-electron chi connectivity index (χ3n) is 2.15. The minimum Gasteiger partial charge on any atom is -0.455 e. The van der Waals surface area contributed by atoms with Gasteiger partial charge in [-0.25, -0.2) is 4.79 Å². The fraction of sp³-hybridized carbons (Fsp3) is 0.222. The van der Waals surface area contributed by atoms with Gasteiger partial charge in [0, 0.05) is 16.1 Å². The molecule has 1 aromatic carbocycles. The molecule has 1 aromatic rings. The summed E-state index contributed by atoms with van der Waals surface area (Å²) in [5, 5.41) is 10.6. The van der Waals surface area contributed by atoms with E-state index in [1.807, 2.05) is 0 Å². The lowest BCUT2D eigenvalue weighted by atomic mass is 9.99. The number of carbonyl (C=O) groups is 1. The van der Waals surface area contributed by atoms with Crippen molar-refractivity contribution in [3.63, 3.8) is 0 Å². The van der Waals surface area contributed by atoms with Gasteiger partial charge in [0.1, 0.15) is 6.61 Å². The third kappa shape index (κ3) is 1.22. The Labute approximate surface area is 79.4 Å². The largest absolute Gasteiger partial charge is 0.455 e. The summed E-state index contributed by atoms with van der Waals surface area (Å²) in [7, 11) is 0. The Morgan fingerprint density at radius 1 is 1.43 bits per heavy atom. The highest BCUT2D eigenvalue weighted by atomic mass is 16.6. The second-order valence-electron chi connectivity index (χ2n) is 2.99. The topological polar surface area (TPSA) is 69.4 Å². The summed E-state index contributed by atoms with van der Waals surface area (Å²) in [6.45, 7) is 0.124. The van der Waals surface area contributed by atoms with Gasteiger partial charge in [-0.2, -0.15) is 0 Å². The van der Waals surface area contributed by atoms with Gasteiger partial charge in [0.05, 0.1) is 0 Å². The molecule has 1 heterocycles. The van der Waals surface area contributed by atoms with Crippen molar-refractivity contribution in [2.45, 2.75) is 12.6 Å². The van der Waals surface area contributed by atoms with Crippen LogP contribution >= 0.6 is 0 Å². The number of benzene rings is 1. The van der Waals surface area contributed by atoms with E-state index in [9.17, 15) is 14.9 Å². The molecule has 0 aromatic heterocycles. The van der Waals surface area contributed by atoms with Crippen molar-refractivity contribution in [1.29, 1.82) is 0 Å². The maximum absolute atomic E-state index is 11.1. The Bertz CT molecular complexity index is 402. The van der Waals surface area contributed by atoms with E-state index in [2.05, 4.69) is 0 Å². The van der Waals surface area contributed by atoms with Gasteiger partial charge in [-0.3, -0.25) is 10.1 Å². The first kappa shape index (κ1) is 8.68. The van der Waals surface area contributed by atoms with E-state index in [0.29, 0.717) is 11.1 Å². The minimum absolute atomic E-state index is 0.124. The predicted octanol–water partition coefficient (Wildman–Crippen LogP) is 1.06. The molecule has 5 nitrogen and oxygen atoms in total. The van der Waals surface area contributed by atoms with Crippen LogP contribution < -0.4 is 0 Å². The minimum atomic E-state index is -1.36. The number of esters is 1. The average Bonchev–Trinajstić information content (AvgIpc) is 2.17. The van der Waals surface area contributed by atoms with E-state index in [1.165, 1.54) is 0 Å². The number of cyclic esters (lactones) is 1. The summed E-state index contributed by atoms with van der Waals surface area (Å²) in [6.07, 6.45) is 0. The number of hydrogen-bond acceptors (Lipinski definition) is 4. The molecule has 0 aliphatic carbocycles.